The van der Waals surface area contributed by atoms with Gasteiger partial charge < -0.3 is 19.7 Å². The Balaban J connectivity index is 0.00000280. The average Bonchev–Trinajstić information content (AvgIpc) is 2.66. The second kappa shape index (κ2) is 11.4. The highest BCUT2D eigenvalue weighted by molar-refractivity contribution is 14.0. The van der Waals surface area contributed by atoms with Crippen molar-refractivity contribution in [2.24, 2.45) is 10.4 Å². The number of halogens is 1. The lowest BCUT2D eigenvalue weighted by Gasteiger charge is -2.41. The standard InChI is InChI=1S/C22H35N3O2.HI/c1-4-23-21(24-17-22(10-7-11-22)12-14-26-3)25-13-15-27-20(16-25)19-9-6-5-8-18(19)2;/h5-6,8-9,20H,4,7,10-17H2,1-3H3,(H,23,24);1H. The Bertz CT molecular complexity index is 634. The summed E-state index contributed by atoms with van der Waals surface area (Å²) in [6.07, 6.45) is 5.09. The molecule has 1 heterocycles. The van der Waals surface area contributed by atoms with E-state index in [1.165, 1.54) is 30.4 Å². The van der Waals surface area contributed by atoms with Gasteiger partial charge in [0, 0.05) is 33.4 Å². The van der Waals surface area contributed by atoms with Gasteiger partial charge >= 0.3 is 0 Å². The first kappa shape index (κ1) is 23.4. The van der Waals surface area contributed by atoms with Gasteiger partial charge in [-0.25, -0.2) is 0 Å². The summed E-state index contributed by atoms with van der Waals surface area (Å²) in [5.41, 5.74) is 2.92. The van der Waals surface area contributed by atoms with Crippen LogP contribution in [0.1, 0.15) is 49.8 Å². The van der Waals surface area contributed by atoms with Crippen molar-refractivity contribution >= 4 is 29.9 Å². The smallest absolute Gasteiger partial charge is 0.194 e. The number of rotatable bonds is 7. The zero-order chi connectivity index (χ0) is 19.1. The highest BCUT2D eigenvalue weighted by Gasteiger charge is 2.36. The number of ether oxygens (including phenoxy) is 2. The first-order chi connectivity index (χ1) is 13.2. The Morgan fingerprint density at radius 2 is 2.14 bits per heavy atom. The zero-order valence-corrected chi connectivity index (χ0v) is 19.9. The van der Waals surface area contributed by atoms with E-state index in [2.05, 4.69) is 48.3 Å². The van der Waals surface area contributed by atoms with Crippen LogP contribution >= 0.6 is 24.0 Å². The molecule has 1 aliphatic carbocycles. The summed E-state index contributed by atoms with van der Waals surface area (Å²) in [5.74, 6) is 1.03. The molecule has 3 rings (SSSR count). The van der Waals surface area contributed by atoms with Gasteiger partial charge in [-0.05, 0) is 49.7 Å². The molecule has 0 bridgehead atoms. The maximum atomic E-state index is 6.09. The summed E-state index contributed by atoms with van der Waals surface area (Å²) in [4.78, 5) is 7.42. The highest BCUT2D eigenvalue weighted by atomic mass is 127. The second-order valence-electron chi connectivity index (χ2n) is 7.93. The topological polar surface area (TPSA) is 46.1 Å². The minimum absolute atomic E-state index is 0. The van der Waals surface area contributed by atoms with Crippen molar-refractivity contribution in [1.82, 2.24) is 10.2 Å². The second-order valence-corrected chi connectivity index (χ2v) is 7.93. The van der Waals surface area contributed by atoms with Crippen molar-refractivity contribution in [2.45, 2.75) is 45.6 Å². The lowest BCUT2D eigenvalue weighted by molar-refractivity contribution is -0.00854. The van der Waals surface area contributed by atoms with Crippen molar-refractivity contribution in [3.05, 3.63) is 35.4 Å². The minimum atomic E-state index is 0. The molecule has 5 nitrogen and oxygen atoms in total. The van der Waals surface area contributed by atoms with Crippen LogP contribution in [0.3, 0.4) is 0 Å². The predicted octanol–water partition coefficient (Wildman–Crippen LogP) is 4.16. The number of benzene rings is 1. The van der Waals surface area contributed by atoms with Gasteiger partial charge in [0.15, 0.2) is 5.96 Å². The molecule has 0 amide bonds. The molecular formula is C22H36IN3O2. The fraction of sp³-hybridized carbons (Fsp3) is 0.682. The van der Waals surface area contributed by atoms with Gasteiger partial charge in [-0.15, -0.1) is 24.0 Å². The van der Waals surface area contributed by atoms with E-state index in [0.717, 1.165) is 51.8 Å². The van der Waals surface area contributed by atoms with E-state index >= 15 is 0 Å². The lowest BCUT2D eigenvalue weighted by atomic mass is 9.67. The van der Waals surface area contributed by atoms with E-state index in [1.54, 1.807) is 7.11 Å². The third-order valence-corrected chi connectivity index (χ3v) is 6.05. The third-order valence-electron chi connectivity index (χ3n) is 6.05. The number of aliphatic imine (C=N–C) groups is 1. The van der Waals surface area contributed by atoms with E-state index in [-0.39, 0.29) is 30.1 Å². The summed E-state index contributed by atoms with van der Waals surface area (Å²) in [5, 5.41) is 3.50. The molecule has 1 saturated carbocycles. The monoisotopic (exact) mass is 501 g/mol. The molecule has 1 aromatic carbocycles. The fourth-order valence-corrected chi connectivity index (χ4v) is 4.13. The summed E-state index contributed by atoms with van der Waals surface area (Å²) in [6, 6.07) is 8.53. The van der Waals surface area contributed by atoms with Crippen LogP contribution in [-0.4, -0.2) is 57.4 Å². The van der Waals surface area contributed by atoms with Crippen molar-refractivity contribution in [2.75, 3.05) is 46.5 Å². The van der Waals surface area contributed by atoms with Crippen LogP contribution in [0.15, 0.2) is 29.3 Å². The molecule has 0 spiro atoms. The van der Waals surface area contributed by atoms with E-state index in [0.29, 0.717) is 5.41 Å². The first-order valence-electron chi connectivity index (χ1n) is 10.4. The number of methoxy groups -OCH3 is 1. The molecule has 1 saturated heterocycles. The molecule has 1 unspecified atom stereocenters. The number of hydrogen-bond donors (Lipinski definition) is 1. The molecular weight excluding hydrogens is 465 g/mol. The SMILES string of the molecule is CCNC(=NCC1(CCOC)CCC1)N1CCOC(c2ccccc2C)C1.I. The number of guanidine groups is 1. The van der Waals surface area contributed by atoms with Gasteiger partial charge in [0.25, 0.3) is 0 Å². The molecule has 1 N–H and O–H groups in total. The van der Waals surface area contributed by atoms with Gasteiger partial charge in [-0.3, -0.25) is 4.99 Å². The van der Waals surface area contributed by atoms with Gasteiger partial charge in [-0.1, -0.05) is 30.7 Å². The predicted molar refractivity (Wildman–Crippen MR) is 126 cm³/mol. The maximum Gasteiger partial charge on any atom is 0.194 e. The van der Waals surface area contributed by atoms with Crippen LogP contribution in [0.5, 0.6) is 0 Å². The summed E-state index contributed by atoms with van der Waals surface area (Å²) in [7, 11) is 1.79. The van der Waals surface area contributed by atoms with E-state index in [4.69, 9.17) is 14.5 Å². The molecule has 1 atom stereocenters. The molecule has 0 aromatic heterocycles. The van der Waals surface area contributed by atoms with Crippen LogP contribution in [0.25, 0.3) is 0 Å². The fourth-order valence-electron chi connectivity index (χ4n) is 4.13. The minimum Gasteiger partial charge on any atom is -0.385 e. The number of morpholine rings is 1. The highest BCUT2D eigenvalue weighted by Crippen LogP contribution is 2.44. The normalized spacial score (nSPS) is 21.6. The Kier molecular flexibility index (Phi) is 9.50. The van der Waals surface area contributed by atoms with Crippen LogP contribution in [0.2, 0.25) is 0 Å². The summed E-state index contributed by atoms with van der Waals surface area (Å²) < 4.78 is 11.4. The Hall–Kier alpha value is -0.860. The molecule has 28 heavy (non-hydrogen) atoms. The molecule has 1 aromatic rings. The summed E-state index contributed by atoms with van der Waals surface area (Å²) in [6.45, 7) is 9.38. The van der Waals surface area contributed by atoms with Crippen molar-refractivity contribution in [3.8, 4) is 0 Å². The van der Waals surface area contributed by atoms with E-state index in [9.17, 15) is 0 Å². The molecule has 1 aliphatic heterocycles. The van der Waals surface area contributed by atoms with Gasteiger partial charge in [-0.2, -0.15) is 0 Å². The van der Waals surface area contributed by atoms with Crippen molar-refractivity contribution in [1.29, 1.82) is 0 Å². The van der Waals surface area contributed by atoms with Crippen molar-refractivity contribution in [3.63, 3.8) is 0 Å². The Morgan fingerprint density at radius 3 is 2.79 bits per heavy atom. The average molecular weight is 501 g/mol. The van der Waals surface area contributed by atoms with E-state index in [1.807, 2.05) is 0 Å². The third kappa shape index (κ3) is 5.83. The first-order valence-corrected chi connectivity index (χ1v) is 10.4. The van der Waals surface area contributed by atoms with E-state index < -0.39 is 0 Å². The van der Waals surface area contributed by atoms with Crippen molar-refractivity contribution < 1.29 is 9.47 Å². The lowest BCUT2D eigenvalue weighted by Crippen LogP contribution is -2.49. The Labute approximate surface area is 187 Å². The van der Waals surface area contributed by atoms with Crippen LogP contribution < -0.4 is 5.32 Å². The zero-order valence-electron chi connectivity index (χ0n) is 17.6. The van der Waals surface area contributed by atoms with Gasteiger partial charge in [0.1, 0.15) is 6.10 Å². The Morgan fingerprint density at radius 1 is 1.36 bits per heavy atom. The number of nitrogens with one attached hydrogen (secondary N) is 1. The largest absolute Gasteiger partial charge is 0.385 e. The summed E-state index contributed by atoms with van der Waals surface area (Å²) >= 11 is 0. The molecule has 6 heteroatoms. The van der Waals surface area contributed by atoms with Crippen LogP contribution in [-0.2, 0) is 9.47 Å². The van der Waals surface area contributed by atoms with Crippen LogP contribution in [0, 0.1) is 12.3 Å². The molecule has 2 fully saturated rings. The molecule has 158 valence electrons. The maximum absolute atomic E-state index is 6.09. The molecule has 0 radical (unpaired) electrons. The van der Waals surface area contributed by atoms with Gasteiger partial charge in [0.2, 0.25) is 0 Å². The number of nitrogens with zero attached hydrogens (tertiary/aromatic N) is 2. The molecule has 2 aliphatic rings. The van der Waals surface area contributed by atoms with Crippen LogP contribution in [0.4, 0.5) is 0 Å². The van der Waals surface area contributed by atoms with Gasteiger partial charge in [0.05, 0.1) is 13.2 Å². The quantitative estimate of drug-likeness (QED) is 0.347. The number of hydrogen-bond acceptors (Lipinski definition) is 3. The number of aryl methyl sites for hydroxylation is 1.